The van der Waals surface area contributed by atoms with E-state index in [-0.39, 0.29) is 13.0 Å². The zero-order valence-corrected chi connectivity index (χ0v) is 17.1. The second-order valence-electron chi connectivity index (χ2n) is 6.34. The van der Waals surface area contributed by atoms with Crippen molar-refractivity contribution in [2.24, 2.45) is 0 Å². The standard InChI is InChI=1S/C21H24ClNO5/c1-13-6-5-7-16(10-13)27-9-8-20(24)28-15(3)21(25)23-18-11-14(2)17(22)12-19(18)26-4/h5-7,10-12,15H,8-9H2,1-4H3,(H,23,25)/t15-/m1/s1. The zero-order valence-electron chi connectivity index (χ0n) is 16.4. The van der Waals surface area contributed by atoms with Gasteiger partial charge in [0.05, 0.1) is 25.8 Å². The van der Waals surface area contributed by atoms with Crippen molar-refractivity contribution in [2.45, 2.75) is 33.3 Å². The summed E-state index contributed by atoms with van der Waals surface area (Å²) in [6, 6.07) is 10.8. The van der Waals surface area contributed by atoms with Gasteiger partial charge in [-0.25, -0.2) is 0 Å². The van der Waals surface area contributed by atoms with Crippen LogP contribution >= 0.6 is 11.6 Å². The number of benzene rings is 2. The average Bonchev–Trinajstić information content (AvgIpc) is 2.64. The molecule has 0 saturated carbocycles. The number of aryl methyl sites for hydroxylation is 2. The molecule has 6 nitrogen and oxygen atoms in total. The molecule has 2 aromatic rings. The van der Waals surface area contributed by atoms with Gasteiger partial charge in [0.15, 0.2) is 6.10 Å². The molecule has 7 heteroatoms. The number of anilines is 1. The average molecular weight is 406 g/mol. The molecule has 0 heterocycles. The summed E-state index contributed by atoms with van der Waals surface area (Å²) in [6.07, 6.45) is -0.929. The van der Waals surface area contributed by atoms with E-state index in [2.05, 4.69) is 5.32 Å². The summed E-state index contributed by atoms with van der Waals surface area (Å²) in [5.74, 6) is 0.125. The van der Waals surface area contributed by atoms with Crippen LogP contribution in [-0.2, 0) is 14.3 Å². The van der Waals surface area contributed by atoms with Crippen LogP contribution in [0.4, 0.5) is 5.69 Å². The highest BCUT2D eigenvalue weighted by Gasteiger charge is 2.20. The van der Waals surface area contributed by atoms with Gasteiger partial charge in [0, 0.05) is 11.1 Å². The van der Waals surface area contributed by atoms with Crippen LogP contribution in [0.25, 0.3) is 0 Å². The van der Waals surface area contributed by atoms with Gasteiger partial charge < -0.3 is 19.5 Å². The first kappa shape index (κ1) is 21.6. The Labute approximate surface area is 169 Å². The summed E-state index contributed by atoms with van der Waals surface area (Å²) in [5, 5.41) is 3.22. The van der Waals surface area contributed by atoms with Gasteiger partial charge in [-0.15, -0.1) is 0 Å². The lowest BCUT2D eigenvalue weighted by Gasteiger charge is -2.16. The van der Waals surface area contributed by atoms with E-state index in [1.165, 1.54) is 14.0 Å². The first-order valence-corrected chi connectivity index (χ1v) is 9.22. The number of methoxy groups -OCH3 is 1. The Balaban J connectivity index is 1.84. The molecule has 0 aliphatic carbocycles. The molecule has 0 saturated heterocycles. The Morgan fingerprint density at radius 3 is 2.61 bits per heavy atom. The van der Waals surface area contributed by atoms with E-state index in [0.29, 0.717) is 22.2 Å². The van der Waals surface area contributed by atoms with E-state index in [4.69, 9.17) is 25.8 Å². The van der Waals surface area contributed by atoms with Crippen molar-refractivity contribution in [3.8, 4) is 11.5 Å². The minimum absolute atomic E-state index is 0.0366. The summed E-state index contributed by atoms with van der Waals surface area (Å²) in [7, 11) is 1.48. The molecule has 0 aliphatic rings. The molecular formula is C21H24ClNO5. The summed E-state index contributed by atoms with van der Waals surface area (Å²) in [4.78, 5) is 24.3. The number of hydrogen-bond acceptors (Lipinski definition) is 5. The van der Waals surface area contributed by atoms with Gasteiger partial charge in [-0.1, -0.05) is 23.7 Å². The Morgan fingerprint density at radius 2 is 1.93 bits per heavy atom. The van der Waals surface area contributed by atoms with Crippen molar-refractivity contribution in [2.75, 3.05) is 19.0 Å². The number of nitrogens with one attached hydrogen (secondary N) is 1. The van der Waals surface area contributed by atoms with Crippen molar-refractivity contribution in [3.63, 3.8) is 0 Å². The highest BCUT2D eigenvalue weighted by Crippen LogP contribution is 2.31. The van der Waals surface area contributed by atoms with Gasteiger partial charge in [0.2, 0.25) is 0 Å². The minimum Gasteiger partial charge on any atom is -0.495 e. The van der Waals surface area contributed by atoms with Gasteiger partial charge in [-0.05, 0) is 50.1 Å². The minimum atomic E-state index is -0.966. The van der Waals surface area contributed by atoms with E-state index in [1.807, 2.05) is 38.1 Å². The molecule has 0 bridgehead atoms. The van der Waals surface area contributed by atoms with E-state index >= 15 is 0 Å². The molecule has 150 valence electrons. The summed E-state index contributed by atoms with van der Waals surface area (Å²) >= 11 is 6.06. The molecule has 1 atom stereocenters. The second kappa shape index (κ2) is 9.99. The van der Waals surface area contributed by atoms with E-state index in [1.54, 1.807) is 12.1 Å². The SMILES string of the molecule is COc1cc(Cl)c(C)cc1NC(=O)[C@@H](C)OC(=O)CCOc1cccc(C)c1. The molecule has 0 unspecified atom stereocenters. The van der Waals surface area contributed by atoms with Crippen molar-refractivity contribution in [1.29, 1.82) is 0 Å². The highest BCUT2D eigenvalue weighted by atomic mass is 35.5. The number of carbonyl (C=O) groups excluding carboxylic acids is 2. The molecule has 2 aromatic carbocycles. The number of ether oxygens (including phenoxy) is 3. The van der Waals surface area contributed by atoms with Crippen molar-refractivity contribution in [3.05, 3.63) is 52.5 Å². The predicted molar refractivity (Wildman–Crippen MR) is 108 cm³/mol. The molecule has 0 aromatic heterocycles. The van der Waals surface area contributed by atoms with Gasteiger partial charge in [-0.2, -0.15) is 0 Å². The van der Waals surface area contributed by atoms with Crippen LogP contribution in [-0.4, -0.2) is 31.7 Å². The molecular weight excluding hydrogens is 382 g/mol. The van der Waals surface area contributed by atoms with Crippen LogP contribution in [0.1, 0.15) is 24.5 Å². The van der Waals surface area contributed by atoms with E-state index in [9.17, 15) is 9.59 Å². The number of rotatable bonds is 8. The molecule has 2 rings (SSSR count). The normalized spacial score (nSPS) is 11.5. The van der Waals surface area contributed by atoms with Crippen LogP contribution in [0.2, 0.25) is 5.02 Å². The zero-order chi connectivity index (χ0) is 20.7. The monoisotopic (exact) mass is 405 g/mol. The molecule has 0 radical (unpaired) electrons. The van der Waals surface area contributed by atoms with Crippen LogP contribution in [0.3, 0.4) is 0 Å². The second-order valence-corrected chi connectivity index (χ2v) is 6.75. The maximum Gasteiger partial charge on any atom is 0.310 e. The van der Waals surface area contributed by atoms with Crippen molar-refractivity contribution in [1.82, 2.24) is 0 Å². The first-order valence-electron chi connectivity index (χ1n) is 8.84. The predicted octanol–water partition coefficient (Wildman–Crippen LogP) is 4.30. The quantitative estimate of drug-likeness (QED) is 0.662. The highest BCUT2D eigenvalue weighted by molar-refractivity contribution is 6.31. The molecule has 1 N–H and O–H groups in total. The van der Waals surface area contributed by atoms with E-state index < -0.39 is 18.0 Å². The maximum atomic E-state index is 12.3. The van der Waals surface area contributed by atoms with Crippen LogP contribution < -0.4 is 14.8 Å². The lowest BCUT2D eigenvalue weighted by molar-refractivity contribution is -0.153. The molecule has 0 spiro atoms. The van der Waals surface area contributed by atoms with E-state index in [0.717, 1.165) is 11.1 Å². The summed E-state index contributed by atoms with van der Waals surface area (Å²) in [5.41, 5.74) is 2.31. The number of amides is 1. The van der Waals surface area contributed by atoms with Gasteiger partial charge in [0.1, 0.15) is 11.5 Å². The Bertz CT molecular complexity index is 853. The van der Waals surface area contributed by atoms with Crippen molar-refractivity contribution >= 4 is 29.2 Å². The van der Waals surface area contributed by atoms with Gasteiger partial charge in [0.25, 0.3) is 5.91 Å². The Hall–Kier alpha value is -2.73. The third kappa shape index (κ3) is 6.16. The number of carbonyl (C=O) groups is 2. The summed E-state index contributed by atoms with van der Waals surface area (Å²) in [6.45, 7) is 5.44. The summed E-state index contributed by atoms with van der Waals surface area (Å²) < 4.78 is 15.9. The van der Waals surface area contributed by atoms with Crippen LogP contribution in [0.5, 0.6) is 11.5 Å². The maximum absolute atomic E-state index is 12.3. The Kier molecular flexibility index (Phi) is 7.70. The lowest BCUT2D eigenvalue weighted by atomic mass is 10.2. The number of esters is 1. The fourth-order valence-corrected chi connectivity index (χ4v) is 2.58. The van der Waals surface area contributed by atoms with Gasteiger partial charge in [-0.3, -0.25) is 9.59 Å². The van der Waals surface area contributed by atoms with Crippen LogP contribution in [0, 0.1) is 13.8 Å². The number of hydrogen-bond donors (Lipinski definition) is 1. The third-order valence-corrected chi connectivity index (χ3v) is 4.39. The third-order valence-electron chi connectivity index (χ3n) is 3.98. The Morgan fingerprint density at radius 1 is 1.18 bits per heavy atom. The molecule has 0 aliphatic heterocycles. The van der Waals surface area contributed by atoms with Gasteiger partial charge >= 0.3 is 5.97 Å². The molecule has 0 fully saturated rings. The topological polar surface area (TPSA) is 73.9 Å². The first-order chi connectivity index (χ1) is 13.3. The van der Waals surface area contributed by atoms with Crippen molar-refractivity contribution < 1.29 is 23.8 Å². The molecule has 28 heavy (non-hydrogen) atoms. The smallest absolute Gasteiger partial charge is 0.310 e. The largest absolute Gasteiger partial charge is 0.495 e. The lowest BCUT2D eigenvalue weighted by Crippen LogP contribution is -2.30. The fourth-order valence-electron chi connectivity index (χ4n) is 2.43. The van der Waals surface area contributed by atoms with Crippen LogP contribution in [0.15, 0.2) is 36.4 Å². The fraction of sp³-hybridized carbons (Fsp3) is 0.333. The molecule has 1 amide bonds. The number of halogens is 1.